The van der Waals surface area contributed by atoms with Crippen LogP contribution in [0.2, 0.25) is 0 Å². The highest BCUT2D eigenvalue weighted by Crippen LogP contribution is 2.45. The molecule has 3 aromatic carbocycles. The van der Waals surface area contributed by atoms with Gasteiger partial charge in [-0.2, -0.15) is 0 Å². The van der Waals surface area contributed by atoms with Crippen molar-refractivity contribution in [2.24, 2.45) is 0 Å². The quantitative estimate of drug-likeness (QED) is 0.596. The van der Waals surface area contributed by atoms with Gasteiger partial charge in [0.05, 0.1) is 5.56 Å². The normalized spacial score (nSPS) is 11.0. The Morgan fingerprint density at radius 1 is 0.704 bits per heavy atom. The van der Waals surface area contributed by atoms with Crippen molar-refractivity contribution in [3.8, 4) is 28.4 Å². The molecule has 3 rings (SSSR count). The van der Waals surface area contributed by atoms with E-state index in [0.717, 1.165) is 0 Å². The fraction of sp³-hybridized carbons (Fsp3) is 0.182. The molecule has 0 unspecified atom stereocenters. The van der Waals surface area contributed by atoms with E-state index >= 15 is 0 Å². The van der Waals surface area contributed by atoms with Gasteiger partial charge in [0.1, 0.15) is 17.2 Å². The lowest BCUT2D eigenvalue weighted by molar-refractivity contribution is 0.109. The number of phenols is 3. The summed E-state index contributed by atoms with van der Waals surface area (Å²) in [5, 5.41) is 31.9. The molecule has 0 amide bonds. The maximum Gasteiger partial charge on any atom is 0.154 e. The topological polar surface area (TPSA) is 94.8 Å². The minimum absolute atomic E-state index is 0.0255. The lowest BCUT2D eigenvalue weighted by Gasteiger charge is -2.19. The minimum atomic E-state index is -0.328. The second-order valence-corrected chi connectivity index (χ2v) is 6.83. The van der Waals surface area contributed by atoms with Gasteiger partial charge in [-0.1, -0.05) is 0 Å². The molecule has 0 atom stereocenters. The number of carbonyl (C=O) groups excluding carboxylic acids is 2. The molecule has 0 saturated heterocycles. The first-order chi connectivity index (χ1) is 12.7. The molecule has 0 aliphatic rings. The minimum Gasteiger partial charge on any atom is -0.507 e. The van der Waals surface area contributed by atoms with Crippen molar-refractivity contribution < 1.29 is 24.9 Å². The van der Waals surface area contributed by atoms with Crippen molar-refractivity contribution in [3.63, 3.8) is 0 Å². The molecule has 0 aromatic heterocycles. The first kappa shape index (κ1) is 18.5. The third-order valence-electron chi connectivity index (χ3n) is 5.07. The summed E-state index contributed by atoms with van der Waals surface area (Å²) in [6.07, 6.45) is 0.992. The van der Waals surface area contributed by atoms with Gasteiger partial charge in [-0.25, -0.2) is 0 Å². The zero-order chi connectivity index (χ0) is 20.0. The highest BCUT2D eigenvalue weighted by Gasteiger charge is 2.23. The maximum absolute atomic E-state index is 11.9. The standard InChI is InChI=1S/C22H20O5/c1-10-5-14(6-11(2)20(10)25)19-15-7-12(3)21(26)13(4)18(15)22(27)17(9-24)16(19)8-23/h5-9,25-27H,1-4H3. The molecule has 0 spiro atoms. The number of aryl methyl sites for hydroxylation is 4. The van der Waals surface area contributed by atoms with Gasteiger partial charge in [0.25, 0.3) is 0 Å². The highest BCUT2D eigenvalue weighted by molar-refractivity contribution is 6.14. The number of benzene rings is 3. The summed E-state index contributed by atoms with van der Waals surface area (Å²) < 4.78 is 0. The first-order valence-electron chi connectivity index (χ1n) is 8.45. The van der Waals surface area contributed by atoms with E-state index in [1.54, 1.807) is 45.9 Å². The van der Waals surface area contributed by atoms with Gasteiger partial charge in [0, 0.05) is 22.1 Å². The van der Waals surface area contributed by atoms with Crippen molar-refractivity contribution in [2.45, 2.75) is 27.7 Å². The number of aldehydes is 2. The van der Waals surface area contributed by atoms with Crippen LogP contribution in [0.15, 0.2) is 18.2 Å². The Labute approximate surface area is 156 Å². The van der Waals surface area contributed by atoms with Crippen molar-refractivity contribution >= 4 is 23.3 Å². The van der Waals surface area contributed by atoms with Crippen molar-refractivity contribution in [1.29, 1.82) is 0 Å². The predicted molar refractivity (Wildman–Crippen MR) is 104 cm³/mol. The Morgan fingerprint density at radius 2 is 1.22 bits per heavy atom. The lowest BCUT2D eigenvalue weighted by atomic mass is 9.86. The van der Waals surface area contributed by atoms with E-state index in [2.05, 4.69) is 0 Å². The van der Waals surface area contributed by atoms with Gasteiger partial charge in [0.15, 0.2) is 12.6 Å². The average molecular weight is 364 g/mol. The monoisotopic (exact) mass is 364 g/mol. The van der Waals surface area contributed by atoms with Crippen LogP contribution in [0.5, 0.6) is 17.2 Å². The van der Waals surface area contributed by atoms with E-state index in [4.69, 9.17) is 0 Å². The molecule has 5 heteroatoms. The molecule has 0 heterocycles. The summed E-state index contributed by atoms with van der Waals surface area (Å²) in [5.74, 6) is -0.140. The molecule has 0 bridgehead atoms. The van der Waals surface area contributed by atoms with Crippen LogP contribution in [0.3, 0.4) is 0 Å². The molecule has 138 valence electrons. The molecular formula is C22H20O5. The van der Waals surface area contributed by atoms with Gasteiger partial charge in [-0.15, -0.1) is 0 Å². The third kappa shape index (κ3) is 2.63. The van der Waals surface area contributed by atoms with E-state index < -0.39 is 0 Å². The SMILES string of the molecule is Cc1cc(-c2c(C=O)c(C=O)c(O)c3c(C)c(O)c(C)cc23)cc(C)c1O. The first-order valence-corrected chi connectivity index (χ1v) is 8.45. The molecule has 3 aromatic rings. The van der Waals surface area contributed by atoms with Crippen molar-refractivity contribution in [1.82, 2.24) is 0 Å². The van der Waals surface area contributed by atoms with Gasteiger partial charge >= 0.3 is 0 Å². The summed E-state index contributed by atoms with van der Waals surface area (Å²) in [5.41, 5.74) is 3.34. The number of carbonyl (C=O) groups is 2. The average Bonchev–Trinajstić information content (AvgIpc) is 2.63. The molecule has 3 N–H and O–H groups in total. The summed E-state index contributed by atoms with van der Waals surface area (Å²) >= 11 is 0. The molecule has 0 aliphatic heterocycles. The van der Waals surface area contributed by atoms with E-state index in [1.165, 1.54) is 0 Å². The van der Waals surface area contributed by atoms with Gasteiger partial charge in [-0.3, -0.25) is 9.59 Å². The van der Waals surface area contributed by atoms with E-state index in [1.807, 2.05) is 0 Å². The Morgan fingerprint density at radius 3 is 1.74 bits per heavy atom. The van der Waals surface area contributed by atoms with Crippen molar-refractivity contribution in [2.75, 3.05) is 0 Å². The Balaban J connectivity index is 2.64. The van der Waals surface area contributed by atoms with E-state index in [9.17, 15) is 24.9 Å². The zero-order valence-electron chi connectivity index (χ0n) is 15.5. The molecule has 0 radical (unpaired) electrons. The van der Waals surface area contributed by atoms with Crippen molar-refractivity contribution in [3.05, 3.63) is 51.6 Å². The summed E-state index contributed by atoms with van der Waals surface area (Å²) in [7, 11) is 0. The smallest absolute Gasteiger partial charge is 0.154 e. The fourth-order valence-electron chi connectivity index (χ4n) is 3.67. The largest absolute Gasteiger partial charge is 0.507 e. The van der Waals surface area contributed by atoms with E-state index in [-0.39, 0.29) is 28.4 Å². The summed E-state index contributed by atoms with van der Waals surface area (Å²) in [6, 6.07) is 5.15. The second-order valence-electron chi connectivity index (χ2n) is 6.83. The Kier molecular flexibility index (Phi) is 4.39. The second kappa shape index (κ2) is 6.43. The van der Waals surface area contributed by atoms with Crippen LogP contribution in [-0.4, -0.2) is 27.9 Å². The molecular weight excluding hydrogens is 344 g/mol. The van der Waals surface area contributed by atoms with Crippen LogP contribution in [0, 0.1) is 27.7 Å². The van der Waals surface area contributed by atoms with Crippen LogP contribution in [-0.2, 0) is 0 Å². The molecule has 0 fully saturated rings. The van der Waals surface area contributed by atoms with Crippen LogP contribution < -0.4 is 0 Å². The molecule has 5 nitrogen and oxygen atoms in total. The number of hydrogen-bond donors (Lipinski definition) is 3. The molecule has 0 saturated carbocycles. The Hall–Kier alpha value is -3.34. The van der Waals surface area contributed by atoms with E-state index in [0.29, 0.717) is 56.7 Å². The molecule has 27 heavy (non-hydrogen) atoms. The van der Waals surface area contributed by atoms with Gasteiger partial charge in [0.2, 0.25) is 0 Å². The highest BCUT2D eigenvalue weighted by atomic mass is 16.3. The summed E-state index contributed by atoms with van der Waals surface area (Å²) in [4.78, 5) is 23.5. The number of fused-ring (bicyclic) bond motifs is 1. The van der Waals surface area contributed by atoms with Crippen LogP contribution in [0.1, 0.15) is 43.0 Å². The number of aromatic hydroxyl groups is 3. The van der Waals surface area contributed by atoms with Crippen LogP contribution in [0.4, 0.5) is 0 Å². The predicted octanol–water partition coefficient (Wildman–Crippen LogP) is 4.48. The van der Waals surface area contributed by atoms with Gasteiger partial charge in [-0.05, 0) is 73.5 Å². The van der Waals surface area contributed by atoms with Gasteiger partial charge < -0.3 is 15.3 Å². The number of phenolic OH excluding ortho intramolecular Hbond substituents is 3. The van der Waals surface area contributed by atoms with Crippen LogP contribution >= 0.6 is 0 Å². The summed E-state index contributed by atoms with van der Waals surface area (Å²) in [6.45, 7) is 6.87. The van der Waals surface area contributed by atoms with Crippen LogP contribution in [0.25, 0.3) is 21.9 Å². The number of hydrogen-bond acceptors (Lipinski definition) is 5. The third-order valence-corrected chi connectivity index (χ3v) is 5.07. The fourth-order valence-corrected chi connectivity index (χ4v) is 3.67. The lowest BCUT2D eigenvalue weighted by Crippen LogP contribution is -2.00. The Bertz CT molecular complexity index is 1100. The zero-order valence-corrected chi connectivity index (χ0v) is 15.5. The number of rotatable bonds is 3. The maximum atomic E-state index is 11.9. The molecule has 0 aliphatic carbocycles.